The first-order chi connectivity index (χ1) is 11.1. The van der Waals surface area contributed by atoms with Gasteiger partial charge in [-0.25, -0.2) is 0 Å². The second kappa shape index (κ2) is 9.30. The summed E-state index contributed by atoms with van der Waals surface area (Å²) in [5, 5.41) is 5.50. The van der Waals surface area contributed by atoms with Crippen LogP contribution in [0.15, 0.2) is 30.3 Å². The zero-order chi connectivity index (χ0) is 16.5. The van der Waals surface area contributed by atoms with E-state index in [1.54, 1.807) is 0 Å². The van der Waals surface area contributed by atoms with E-state index in [1.807, 2.05) is 30.3 Å². The predicted octanol–water partition coefficient (Wildman–Crippen LogP) is 1.37. The Morgan fingerprint density at radius 2 is 1.83 bits per heavy atom. The Morgan fingerprint density at radius 3 is 2.52 bits per heavy atom. The van der Waals surface area contributed by atoms with E-state index in [0.717, 1.165) is 18.5 Å². The molecule has 5 nitrogen and oxygen atoms in total. The highest BCUT2D eigenvalue weighted by Gasteiger charge is 2.17. The van der Waals surface area contributed by atoms with Crippen molar-refractivity contribution in [2.75, 3.05) is 13.1 Å². The van der Waals surface area contributed by atoms with Gasteiger partial charge in [-0.1, -0.05) is 43.2 Å². The lowest BCUT2D eigenvalue weighted by atomic mass is 10.1. The van der Waals surface area contributed by atoms with Crippen molar-refractivity contribution < 1.29 is 9.59 Å². The van der Waals surface area contributed by atoms with Gasteiger partial charge in [-0.05, 0) is 37.2 Å². The highest BCUT2D eigenvalue weighted by Crippen LogP contribution is 2.23. The van der Waals surface area contributed by atoms with Crippen LogP contribution in [0.4, 0.5) is 0 Å². The van der Waals surface area contributed by atoms with Gasteiger partial charge in [0, 0.05) is 6.54 Å². The van der Waals surface area contributed by atoms with Crippen LogP contribution in [-0.4, -0.2) is 30.9 Å². The minimum absolute atomic E-state index is 0.00455. The largest absolute Gasteiger partial charge is 0.354 e. The summed E-state index contributed by atoms with van der Waals surface area (Å²) in [5.74, 6) is 0.195. The lowest BCUT2D eigenvalue weighted by molar-refractivity contribution is -0.126. The molecule has 4 N–H and O–H groups in total. The van der Waals surface area contributed by atoms with E-state index in [9.17, 15) is 9.59 Å². The van der Waals surface area contributed by atoms with Gasteiger partial charge in [-0.15, -0.1) is 0 Å². The molecule has 0 aliphatic heterocycles. The molecule has 23 heavy (non-hydrogen) atoms. The van der Waals surface area contributed by atoms with Gasteiger partial charge in [0.25, 0.3) is 0 Å². The molecule has 0 heterocycles. The van der Waals surface area contributed by atoms with Crippen LogP contribution in [0.5, 0.6) is 0 Å². The van der Waals surface area contributed by atoms with Gasteiger partial charge in [0.1, 0.15) is 0 Å². The summed E-state index contributed by atoms with van der Waals surface area (Å²) in [6.07, 6.45) is 6.22. The van der Waals surface area contributed by atoms with Crippen molar-refractivity contribution in [2.45, 2.75) is 44.6 Å². The molecule has 2 amide bonds. The number of carbonyl (C=O) groups is 2. The minimum Gasteiger partial charge on any atom is -0.354 e. The number of rotatable bonds is 8. The third kappa shape index (κ3) is 6.40. The van der Waals surface area contributed by atoms with Gasteiger partial charge in [-0.3, -0.25) is 9.59 Å². The molecule has 1 aliphatic carbocycles. The molecule has 0 aromatic heterocycles. The number of carbonyl (C=O) groups excluding carboxylic acids is 2. The van der Waals surface area contributed by atoms with Crippen LogP contribution < -0.4 is 16.4 Å². The summed E-state index contributed by atoms with van der Waals surface area (Å²) < 4.78 is 0. The molecule has 2 rings (SSSR count). The van der Waals surface area contributed by atoms with E-state index in [4.69, 9.17) is 5.73 Å². The Balaban J connectivity index is 1.60. The third-order valence-electron chi connectivity index (χ3n) is 4.41. The fourth-order valence-corrected chi connectivity index (χ4v) is 2.93. The maximum atomic E-state index is 11.9. The molecule has 0 spiro atoms. The number of nitrogens with two attached hydrogens (primary N) is 1. The zero-order valence-electron chi connectivity index (χ0n) is 13.6. The summed E-state index contributed by atoms with van der Waals surface area (Å²) in [5.41, 5.74) is 7.04. The van der Waals surface area contributed by atoms with E-state index in [0.29, 0.717) is 12.3 Å². The molecular formula is C18H27N3O2. The van der Waals surface area contributed by atoms with Crippen LogP contribution in [-0.2, 0) is 16.0 Å². The molecule has 1 saturated carbocycles. The smallest absolute Gasteiger partial charge is 0.239 e. The van der Waals surface area contributed by atoms with Crippen LogP contribution in [0.2, 0.25) is 0 Å². The first-order valence-electron chi connectivity index (χ1n) is 8.49. The number of hydrogen-bond acceptors (Lipinski definition) is 3. The number of aryl methyl sites for hydroxylation is 1. The van der Waals surface area contributed by atoms with Crippen molar-refractivity contribution in [3.63, 3.8) is 0 Å². The molecule has 1 aromatic carbocycles. The van der Waals surface area contributed by atoms with Crippen LogP contribution in [0.3, 0.4) is 0 Å². The van der Waals surface area contributed by atoms with Crippen LogP contribution in [0.1, 0.15) is 37.7 Å². The zero-order valence-corrected chi connectivity index (χ0v) is 13.6. The SMILES string of the molecule is N[C@@H](CCc1ccccc1)C(=O)NCC(=O)NCC1CCCC1. The predicted molar refractivity (Wildman–Crippen MR) is 90.7 cm³/mol. The maximum absolute atomic E-state index is 11.9. The molecule has 5 heteroatoms. The standard InChI is InChI=1S/C18H27N3O2/c19-16(11-10-14-6-2-1-3-7-14)18(23)21-13-17(22)20-12-15-8-4-5-9-15/h1-3,6-7,15-16H,4-5,8-13,19H2,(H,20,22)(H,21,23)/t16-/m0/s1. The lowest BCUT2D eigenvalue weighted by Crippen LogP contribution is -2.45. The van der Waals surface area contributed by atoms with Gasteiger partial charge < -0.3 is 16.4 Å². The van der Waals surface area contributed by atoms with Crippen LogP contribution >= 0.6 is 0 Å². The van der Waals surface area contributed by atoms with Gasteiger partial charge in [0.15, 0.2) is 0 Å². The van der Waals surface area contributed by atoms with Gasteiger partial charge >= 0.3 is 0 Å². The normalized spacial score (nSPS) is 16.0. The van der Waals surface area contributed by atoms with Crippen molar-refractivity contribution in [2.24, 2.45) is 11.7 Å². The Kier molecular flexibility index (Phi) is 7.07. The van der Waals surface area contributed by atoms with Gasteiger partial charge in [0.2, 0.25) is 11.8 Å². The molecule has 0 radical (unpaired) electrons. The molecule has 1 aliphatic rings. The summed E-state index contributed by atoms with van der Waals surface area (Å²) in [7, 11) is 0. The molecule has 1 atom stereocenters. The lowest BCUT2D eigenvalue weighted by Gasteiger charge is -2.13. The monoisotopic (exact) mass is 317 g/mol. The molecular weight excluding hydrogens is 290 g/mol. The van der Waals surface area contributed by atoms with Crippen LogP contribution in [0, 0.1) is 5.92 Å². The summed E-state index contributed by atoms with van der Waals surface area (Å²) in [6, 6.07) is 9.34. The van der Waals surface area contributed by atoms with Gasteiger partial charge in [-0.2, -0.15) is 0 Å². The summed E-state index contributed by atoms with van der Waals surface area (Å²) in [4.78, 5) is 23.7. The fourth-order valence-electron chi connectivity index (χ4n) is 2.93. The molecule has 1 aromatic rings. The maximum Gasteiger partial charge on any atom is 0.239 e. The molecule has 1 fully saturated rings. The van der Waals surface area contributed by atoms with Gasteiger partial charge in [0.05, 0.1) is 12.6 Å². The van der Waals surface area contributed by atoms with E-state index < -0.39 is 6.04 Å². The number of amides is 2. The van der Waals surface area contributed by atoms with E-state index in [2.05, 4.69) is 10.6 Å². The van der Waals surface area contributed by atoms with Crippen molar-refractivity contribution in [3.05, 3.63) is 35.9 Å². The van der Waals surface area contributed by atoms with E-state index in [1.165, 1.54) is 25.7 Å². The molecule has 0 bridgehead atoms. The average molecular weight is 317 g/mol. The Labute approximate surface area is 138 Å². The highest BCUT2D eigenvalue weighted by atomic mass is 16.2. The van der Waals surface area contributed by atoms with E-state index in [-0.39, 0.29) is 18.4 Å². The topological polar surface area (TPSA) is 84.2 Å². The fraction of sp³-hybridized carbons (Fsp3) is 0.556. The second-order valence-corrected chi connectivity index (χ2v) is 6.30. The van der Waals surface area contributed by atoms with Crippen molar-refractivity contribution in [1.29, 1.82) is 0 Å². The number of nitrogens with one attached hydrogen (secondary N) is 2. The third-order valence-corrected chi connectivity index (χ3v) is 4.41. The number of benzene rings is 1. The Bertz CT molecular complexity index is 498. The van der Waals surface area contributed by atoms with Crippen molar-refractivity contribution in [3.8, 4) is 0 Å². The quantitative estimate of drug-likeness (QED) is 0.677. The molecule has 0 saturated heterocycles. The first kappa shape index (κ1) is 17.5. The summed E-state index contributed by atoms with van der Waals surface area (Å²) >= 11 is 0. The highest BCUT2D eigenvalue weighted by molar-refractivity contribution is 5.87. The molecule has 0 unspecified atom stereocenters. The number of hydrogen-bond donors (Lipinski definition) is 3. The Morgan fingerprint density at radius 1 is 1.13 bits per heavy atom. The Hall–Kier alpha value is -1.88. The average Bonchev–Trinajstić information content (AvgIpc) is 3.10. The summed E-state index contributed by atoms with van der Waals surface area (Å²) in [6.45, 7) is 0.722. The van der Waals surface area contributed by atoms with Crippen molar-refractivity contribution >= 4 is 11.8 Å². The molecule has 126 valence electrons. The van der Waals surface area contributed by atoms with E-state index >= 15 is 0 Å². The minimum atomic E-state index is -0.585. The van der Waals surface area contributed by atoms with Crippen molar-refractivity contribution in [1.82, 2.24) is 10.6 Å². The second-order valence-electron chi connectivity index (χ2n) is 6.30. The van der Waals surface area contributed by atoms with Crippen LogP contribution in [0.25, 0.3) is 0 Å². The first-order valence-corrected chi connectivity index (χ1v) is 8.49.